The summed E-state index contributed by atoms with van der Waals surface area (Å²) in [5, 5.41) is 7.04. The van der Waals surface area contributed by atoms with E-state index in [9.17, 15) is 0 Å². The Bertz CT molecular complexity index is 1260. The number of hydrogen-bond acceptors (Lipinski definition) is 4. The van der Waals surface area contributed by atoms with Crippen molar-refractivity contribution in [3.8, 4) is 17.2 Å². The Balaban J connectivity index is 1.36. The number of rotatable bonds is 7. The van der Waals surface area contributed by atoms with Gasteiger partial charge in [-0.05, 0) is 46.7 Å². The van der Waals surface area contributed by atoms with Gasteiger partial charge in [-0.2, -0.15) is 0 Å². The zero-order valence-electron chi connectivity index (χ0n) is 17.2. The lowest BCUT2D eigenvalue weighted by Crippen LogP contribution is -2.14. The molecule has 162 valence electrons. The van der Waals surface area contributed by atoms with Crippen molar-refractivity contribution < 1.29 is 14.2 Å². The van der Waals surface area contributed by atoms with Crippen LogP contribution in [0.5, 0.6) is 17.2 Å². The summed E-state index contributed by atoms with van der Waals surface area (Å²) in [6, 6.07) is 23.8. The molecule has 1 N–H and O–H groups in total. The first-order valence-electron chi connectivity index (χ1n) is 10.3. The number of halogens is 2. The van der Waals surface area contributed by atoms with Crippen LogP contribution in [0.4, 0.5) is 0 Å². The quantitative estimate of drug-likeness (QED) is 0.327. The third-order valence-corrected chi connectivity index (χ3v) is 6.21. The van der Waals surface area contributed by atoms with E-state index in [2.05, 4.69) is 23.5 Å². The van der Waals surface area contributed by atoms with E-state index in [-0.39, 0.29) is 6.79 Å². The molecule has 0 radical (unpaired) electrons. The van der Waals surface area contributed by atoms with E-state index in [0.29, 0.717) is 29.7 Å². The Morgan fingerprint density at radius 3 is 2.47 bits per heavy atom. The molecule has 32 heavy (non-hydrogen) atoms. The standard InChI is InChI=1S/C26H21Cl2NO3/c27-22-6-3-7-23(28)21(22)15-30-24-11-9-18-4-1-2-5-19(18)20(24)14-29-13-17-8-10-25-26(12-17)32-16-31-25/h1-12,29H,13-16H2. The van der Waals surface area contributed by atoms with Gasteiger partial charge < -0.3 is 19.5 Å². The zero-order chi connectivity index (χ0) is 21.9. The SMILES string of the molecule is Clc1cccc(Cl)c1COc1ccc2ccccc2c1CNCc1ccc2c(c1)OCO2. The summed E-state index contributed by atoms with van der Waals surface area (Å²) in [7, 11) is 0. The van der Waals surface area contributed by atoms with Gasteiger partial charge in [-0.3, -0.25) is 0 Å². The summed E-state index contributed by atoms with van der Waals surface area (Å²) in [5.74, 6) is 2.38. The van der Waals surface area contributed by atoms with Gasteiger partial charge in [-0.15, -0.1) is 0 Å². The van der Waals surface area contributed by atoms with Crippen LogP contribution in [0.3, 0.4) is 0 Å². The van der Waals surface area contributed by atoms with Crippen LogP contribution in [0.25, 0.3) is 10.8 Å². The molecular weight excluding hydrogens is 445 g/mol. The van der Waals surface area contributed by atoms with E-state index in [1.807, 2.05) is 54.6 Å². The summed E-state index contributed by atoms with van der Waals surface area (Å²) in [4.78, 5) is 0. The predicted molar refractivity (Wildman–Crippen MR) is 128 cm³/mol. The molecular formula is C26H21Cl2NO3. The third-order valence-electron chi connectivity index (χ3n) is 5.50. The van der Waals surface area contributed by atoms with E-state index in [1.165, 1.54) is 0 Å². The first-order valence-corrected chi connectivity index (χ1v) is 11.1. The van der Waals surface area contributed by atoms with E-state index in [0.717, 1.165) is 44.7 Å². The Kier molecular flexibility index (Phi) is 6.08. The topological polar surface area (TPSA) is 39.7 Å². The fourth-order valence-corrected chi connectivity index (χ4v) is 4.34. The van der Waals surface area contributed by atoms with Crippen molar-refractivity contribution in [1.29, 1.82) is 0 Å². The first-order chi connectivity index (χ1) is 15.7. The molecule has 4 aromatic carbocycles. The smallest absolute Gasteiger partial charge is 0.231 e. The molecule has 0 aromatic heterocycles. The molecule has 0 bridgehead atoms. The molecule has 1 aliphatic rings. The van der Waals surface area contributed by atoms with Crippen molar-refractivity contribution in [2.45, 2.75) is 19.7 Å². The van der Waals surface area contributed by atoms with E-state index >= 15 is 0 Å². The van der Waals surface area contributed by atoms with Crippen LogP contribution in [0.1, 0.15) is 16.7 Å². The molecule has 1 heterocycles. The van der Waals surface area contributed by atoms with Gasteiger partial charge in [-0.25, -0.2) is 0 Å². The number of nitrogens with one attached hydrogen (secondary N) is 1. The summed E-state index contributed by atoms with van der Waals surface area (Å²) >= 11 is 12.7. The predicted octanol–water partition coefficient (Wildman–Crippen LogP) is 6.74. The molecule has 0 spiro atoms. The van der Waals surface area contributed by atoms with Gasteiger partial charge in [0.15, 0.2) is 11.5 Å². The van der Waals surface area contributed by atoms with Crippen LogP contribution in [0.2, 0.25) is 10.0 Å². The molecule has 6 heteroatoms. The van der Waals surface area contributed by atoms with Crippen LogP contribution >= 0.6 is 23.2 Å². The average molecular weight is 466 g/mol. The lowest BCUT2D eigenvalue weighted by atomic mass is 10.0. The van der Waals surface area contributed by atoms with Crippen molar-refractivity contribution >= 4 is 34.0 Å². The monoisotopic (exact) mass is 465 g/mol. The number of ether oxygens (including phenoxy) is 3. The van der Waals surface area contributed by atoms with Crippen LogP contribution in [0, 0.1) is 0 Å². The summed E-state index contributed by atoms with van der Waals surface area (Å²) in [6.45, 7) is 1.90. The van der Waals surface area contributed by atoms with Gasteiger partial charge in [0.25, 0.3) is 0 Å². The minimum atomic E-state index is 0.276. The molecule has 4 aromatic rings. The normalized spacial score (nSPS) is 12.3. The highest BCUT2D eigenvalue weighted by molar-refractivity contribution is 6.35. The zero-order valence-corrected chi connectivity index (χ0v) is 18.7. The molecule has 0 amide bonds. The Hall–Kier alpha value is -2.92. The van der Waals surface area contributed by atoms with Crippen molar-refractivity contribution in [3.05, 3.63) is 99.5 Å². The largest absolute Gasteiger partial charge is 0.488 e. The summed E-state index contributed by atoms with van der Waals surface area (Å²) < 4.78 is 17.1. The van der Waals surface area contributed by atoms with Crippen LogP contribution in [0.15, 0.2) is 72.8 Å². The lowest BCUT2D eigenvalue weighted by Gasteiger charge is -2.16. The molecule has 0 saturated heterocycles. The molecule has 4 nitrogen and oxygen atoms in total. The summed E-state index contributed by atoms with van der Waals surface area (Å²) in [6.07, 6.45) is 0. The molecule has 0 unspecified atom stereocenters. The maximum absolute atomic E-state index is 6.33. The van der Waals surface area contributed by atoms with Crippen molar-refractivity contribution in [2.75, 3.05) is 6.79 Å². The second kappa shape index (κ2) is 9.29. The molecule has 0 fully saturated rings. The van der Waals surface area contributed by atoms with Crippen LogP contribution in [-0.2, 0) is 19.7 Å². The maximum atomic E-state index is 6.33. The second-order valence-corrected chi connectivity index (χ2v) is 8.36. The van der Waals surface area contributed by atoms with Crippen molar-refractivity contribution in [1.82, 2.24) is 5.32 Å². The number of hydrogen-bond donors (Lipinski definition) is 1. The third kappa shape index (κ3) is 4.35. The van der Waals surface area contributed by atoms with Gasteiger partial charge in [-0.1, -0.05) is 65.7 Å². The minimum absolute atomic E-state index is 0.276. The summed E-state index contributed by atoms with van der Waals surface area (Å²) in [5.41, 5.74) is 3.00. The molecule has 0 atom stereocenters. The van der Waals surface area contributed by atoms with Crippen molar-refractivity contribution in [3.63, 3.8) is 0 Å². The van der Waals surface area contributed by atoms with E-state index < -0.39 is 0 Å². The molecule has 1 aliphatic heterocycles. The van der Waals surface area contributed by atoms with Gasteiger partial charge in [0, 0.05) is 34.3 Å². The van der Waals surface area contributed by atoms with E-state index in [4.69, 9.17) is 37.4 Å². The fourth-order valence-electron chi connectivity index (χ4n) is 3.84. The molecule has 0 saturated carbocycles. The second-order valence-electron chi connectivity index (χ2n) is 7.54. The molecule has 5 rings (SSSR count). The highest BCUT2D eigenvalue weighted by Gasteiger charge is 2.14. The number of benzene rings is 4. The van der Waals surface area contributed by atoms with Crippen LogP contribution < -0.4 is 19.5 Å². The average Bonchev–Trinajstić information content (AvgIpc) is 3.27. The first kappa shape index (κ1) is 21.0. The lowest BCUT2D eigenvalue weighted by molar-refractivity contribution is 0.174. The van der Waals surface area contributed by atoms with Gasteiger partial charge in [0.1, 0.15) is 12.4 Å². The Morgan fingerprint density at radius 2 is 1.59 bits per heavy atom. The van der Waals surface area contributed by atoms with E-state index in [1.54, 1.807) is 0 Å². The van der Waals surface area contributed by atoms with Crippen molar-refractivity contribution in [2.24, 2.45) is 0 Å². The number of fused-ring (bicyclic) bond motifs is 2. The minimum Gasteiger partial charge on any atom is -0.488 e. The maximum Gasteiger partial charge on any atom is 0.231 e. The van der Waals surface area contributed by atoms with Crippen LogP contribution in [-0.4, -0.2) is 6.79 Å². The Morgan fingerprint density at radius 1 is 0.781 bits per heavy atom. The highest BCUT2D eigenvalue weighted by atomic mass is 35.5. The van der Waals surface area contributed by atoms with Gasteiger partial charge in [0.2, 0.25) is 6.79 Å². The van der Waals surface area contributed by atoms with Gasteiger partial charge in [0.05, 0.1) is 0 Å². The fraction of sp³-hybridized carbons (Fsp3) is 0.154. The Labute approximate surface area is 196 Å². The molecule has 0 aliphatic carbocycles. The van der Waals surface area contributed by atoms with Gasteiger partial charge >= 0.3 is 0 Å². The highest BCUT2D eigenvalue weighted by Crippen LogP contribution is 2.33.